The first-order valence-corrected chi connectivity index (χ1v) is 5.11. The molecule has 0 saturated carbocycles. The summed E-state index contributed by atoms with van der Waals surface area (Å²) >= 11 is 2.02. The van der Waals surface area contributed by atoms with Crippen molar-refractivity contribution in [2.75, 3.05) is 12.4 Å². The highest BCUT2D eigenvalue weighted by Gasteiger charge is 2.10. The molecule has 72 valence electrons. The molecule has 0 spiro atoms. The molecule has 0 radical (unpaired) electrons. The Hall–Kier alpha value is -0.590. The predicted octanol–water partition coefficient (Wildman–Crippen LogP) is 1.54. The zero-order valence-corrected chi connectivity index (χ0v) is 9.97. The molecule has 0 amide bonds. The minimum Gasteiger partial charge on any atom is -0.359 e. The Labute approximate surface area is 90.3 Å². The molecule has 1 heterocycles. The second-order valence-corrected chi connectivity index (χ2v) is 4.10. The van der Waals surface area contributed by atoms with Crippen molar-refractivity contribution >= 4 is 28.5 Å². The van der Waals surface area contributed by atoms with Crippen molar-refractivity contribution in [1.82, 2.24) is 9.97 Å². The molecule has 0 atom stereocenters. The van der Waals surface area contributed by atoms with Gasteiger partial charge in [-0.1, -0.05) is 13.8 Å². The van der Waals surface area contributed by atoms with Gasteiger partial charge in [-0.2, -0.15) is 0 Å². The van der Waals surface area contributed by atoms with Crippen LogP contribution in [0.2, 0.25) is 0 Å². The van der Waals surface area contributed by atoms with Gasteiger partial charge in [0, 0.05) is 7.05 Å². The van der Waals surface area contributed by atoms with Crippen LogP contribution in [0, 0.1) is 3.57 Å². The fourth-order valence-corrected chi connectivity index (χ4v) is 1.86. The van der Waals surface area contributed by atoms with E-state index in [1.807, 2.05) is 36.4 Å². The van der Waals surface area contributed by atoms with Crippen LogP contribution < -0.4 is 10.9 Å². The molecular weight excluding hydrogens is 281 g/mol. The molecule has 1 aromatic rings. The lowest BCUT2D eigenvalue weighted by Gasteiger charge is -2.08. The van der Waals surface area contributed by atoms with Gasteiger partial charge in [0.05, 0.1) is 5.69 Å². The van der Waals surface area contributed by atoms with E-state index in [0.717, 1.165) is 5.69 Å². The van der Waals surface area contributed by atoms with E-state index in [2.05, 4.69) is 15.3 Å². The highest BCUT2D eigenvalue weighted by Crippen LogP contribution is 2.16. The molecule has 0 aliphatic heterocycles. The molecule has 0 fully saturated rings. The standard InChI is InChI=1S/C8H12IN3O/c1-4(2)6-5(9)7(13)12-8(10-3)11-6/h4H,1-3H3,(H2,10,11,12,13). The van der Waals surface area contributed by atoms with Crippen LogP contribution in [0.5, 0.6) is 0 Å². The number of hydrogen-bond acceptors (Lipinski definition) is 3. The van der Waals surface area contributed by atoms with Gasteiger partial charge in [0.15, 0.2) is 0 Å². The van der Waals surface area contributed by atoms with Gasteiger partial charge in [0.2, 0.25) is 5.95 Å². The zero-order chi connectivity index (χ0) is 10.0. The Balaban J connectivity index is 3.33. The van der Waals surface area contributed by atoms with Crippen LogP contribution >= 0.6 is 22.6 Å². The second kappa shape index (κ2) is 4.08. The summed E-state index contributed by atoms with van der Waals surface area (Å²) < 4.78 is 0.673. The number of nitrogens with zero attached hydrogens (tertiary/aromatic N) is 1. The number of anilines is 1. The zero-order valence-electron chi connectivity index (χ0n) is 7.81. The van der Waals surface area contributed by atoms with Crippen LogP contribution in [0.1, 0.15) is 25.5 Å². The first-order chi connectivity index (χ1) is 6.06. The van der Waals surface area contributed by atoms with E-state index in [1.54, 1.807) is 7.05 Å². The quantitative estimate of drug-likeness (QED) is 0.813. The lowest BCUT2D eigenvalue weighted by Crippen LogP contribution is -2.18. The monoisotopic (exact) mass is 293 g/mol. The van der Waals surface area contributed by atoms with Gasteiger partial charge in [0.1, 0.15) is 3.57 Å². The molecule has 13 heavy (non-hydrogen) atoms. The Morgan fingerprint density at radius 2 is 2.15 bits per heavy atom. The molecule has 4 nitrogen and oxygen atoms in total. The molecule has 5 heteroatoms. The third-order valence-corrected chi connectivity index (χ3v) is 2.71. The van der Waals surface area contributed by atoms with Crippen molar-refractivity contribution in [1.29, 1.82) is 0 Å². The van der Waals surface area contributed by atoms with Crippen molar-refractivity contribution in [3.05, 3.63) is 19.6 Å². The minimum atomic E-state index is -0.0800. The number of nitrogens with one attached hydrogen (secondary N) is 2. The summed E-state index contributed by atoms with van der Waals surface area (Å²) in [6.07, 6.45) is 0. The number of aromatic nitrogens is 2. The highest BCUT2D eigenvalue weighted by atomic mass is 127. The Morgan fingerprint density at radius 1 is 1.54 bits per heavy atom. The van der Waals surface area contributed by atoms with Crippen molar-refractivity contribution in [2.45, 2.75) is 19.8 Å². The lowest BCUT2D eigenvalue weighted by atomic mass is 10.1. The van der Waals surface area contributed by atoms with E-state index >= 15 is 0 Å². The normalized spacial score (nSPS) is 10.5. The lowest BCUT2D eigenvalue weighted by molar-refractivity contribution is 0.802. The fourth-order valence-electron chi connectivity index (χ4n) is 0.977. The fraction of sp³-hybridized carbons (Fsp3) is 0.500. The first kappa shape index (κ1) is 10.5. The van der Waals surface area contributed by atoms with E-state index in [0.29, 0.717) is 9.52 Å². The average molecular weight is 293 g/mol. The summed E-state index contributed by atoms with van der Waals surface area (Å²) in [5, 5.41) is 2.82. The Bertz CT molecular complexity index is 359. The Kier molecular flexibility index (Phi) is 3.29. The molecule has 1 rings (SSSR count). The van der Waals surface area contributed by atoms with Crippen molar-refractivity contribution in [3.63, 3.8) is 0 Å². The summed E-state index contributed by atoms with van der Waals surface area (Å²) in [5.41, 5.74) is 0.761. The molecular formula is C8H12IN3O. The van der Waals surface area contributed by atoms with E-state index in [1.165, 1.54) is 0 Å². The van der Waals surface area contributed by atoms with E-state index in [4.69, 9.17) is 0 Å². The number of aromatic amines is 1. The number of rotatable bonds is 2. The molecule has 0 bridgehead atoms. The molecule has 0 aromatic carbocycles. The van der Waals surface area contributed by atoms with Gasteiger partial charge in [-0.3, -0.25) is 9.78 Å². The SMILES string of the molecule is CNc1nc(C(C)C)c(I)c(=O)[nH]1. The maximum absolute atomic E-state index is 11.4. The smallest absolute Gasteiger partial charge is 0.266 e. The summed E-state index contributed by atoms with van der Waals surface area (Å²) in [5.74, 6) is 0.787. The maximum atomic E-state index is 11.4. The van der Waals surface area contributed by atoms with E-state index in [-0.39, 0.29) is 11.5 Å². The molecule has 2 N–H and O–H groups in total. The van der Waals surface area contributed by atoms with Crippen molar-refractivity contribution < 1.29 is 0 Å². The Morgan fingerprint density at radius 3 is 2.62 bits per heavy atom. The van der Waals surface area contributed by atoms with Gasteiger partial charge in [-0.25, -0.2) is 4.98 Å². The third-order valence-electron chi connectivity index (χ3n) is 1.67. The van der Waals surface area contributed by atoms with Gasteiger partial charge < -0.3 is 5.32 Å². The highest BCUT2D eigenvalue weighted by molar-refractivity contribution is 14.1. The van der Waals surface area contributed by atoms with Crippen LogP contribution in [0.25, 0.3) is 0 Å². The second-order valence-electron chi connectivity index (χ2n) is 3.02. The molecule has 0 aliphatic rings. The molecule has 1 aromatic heterocycles. The van der Waals surface area contributed by atoms with Crippen LogP contribution in [0.4, 0.5) is 5.95 Å². The van der Waals surface area contributed by atoms with Crippen LogP contribution in [-0.2, 0) is 0 Å². The van der Waals surface area contributed by atoms with Gasteiger partial charge >= 0.3 is 0 Å². The summed E-state index contributed by atoms with van der Waals surface area (Å²) in [6.45, 7) is 4.03. The average Bonchev–Trinajstić information content (AvgIpc) is 2.09. The summed E-state index contributed by atoms with van der Waals surface area (Å²) in [6, 6.07) is 0. The van der Waals surface area contributed by atoms with Crippen LogP contribution in [0.15, 0.2) is 4.79 Å². The molecule has 0 saturated heterocycles. The van der Waals surface area contributed by atoms with Crippen molar-refractivity contribution in [3.8, 4) is 0 Å². The summed E-state index contributed by atoms with van der Waals surface area (Å²) in [7, 11) is 1.73. The maximum Gasteiger partial charge on any atom is 0.266 e. The van der Waals surface area contributed by atoms with Gasteiger partial charge in [-0.15, -0.1) is 0 Å². The topological polar surface area (TPSA) is 57.8 Å². The van der Waals surface area contributed by atoms with Crippen molar-refractivity contribution in [2.24, 2.45) is 0 Å². The number of H-pyrrole nitrogens is 1. The third kappa shape index (κ3) is 2.20. The molecule has 0 unspecified atom stereocenters. The van der Waals surface area contributed by atoms with E-state index < -0.39 is 0 Å². The number of hydrogen-bond donors (Lipinski definition) is 2. The summed E-state index contributed by atoms with van der Waals surface area (Å²) in [4.78, 5) is 18.3. The molecule has 0 aliphatic carbocycles. The van der Waals surface area contributed by atoms with E-state index in [9.17, 15) is 4.79 Å². The van der Waals surface area contributed by atoms with Crippen LogP contribution in [0.3, 0.4) is 0 Å². The minimum absolute atomic E-state index is 0.0800. The largest absolute Gasteiger partial charge is 0.359 e. The number of halogens is 1. The first-order valence-electron chi connectivity index (χ1n) is 4.03. The van der Waals surface area contributed by atoms with Crippen LogP contribution in [-0.4, -0.2) is 17.0 Å². The predicted molar refractivity (Wildman–Crippen MR) is 61.2 cm³/mol. The van der Waals surface area contributed by atoms with Gasteiger partial charge in [0.25, 0.3) is 5.56 Å². The van der Waals surface area contributed by atoms with Gasteiger partial charge in [-0.05, 0) is 28.5 Å².